The molecule has 3 saturated heterocycles. The van der Waals surface area contributed by atoms with E-state index in [1.165, 1.54) is 4.90 Å². The maximum atomic E-state index is 13.0. The van der Waals surface area contributed by atoms with Crippen molar-refractivity contribution in [1.29, 1.82) is 0 Å². The Bertz CT molecular complexity index is 570. The summed E-state index contributed by atoms with van der Waals surface area (Å²) in [6.45, 7) is 3.69. The molecule has 3 rings (SSSR count). The summed E-state index contributed by atoms with van der Waals surface area (Å²) < 4.78 is -0.549. The maximum absolute atomic E-state index is 13.0. The van der Waals surface area contributed by atoms with Crippen molar-refractivity contribution >= 4 is 29.5 Å². The van der Waals surface area contributed by atoms with Gasteiger partial charge in [-0.3, -0.25) is 14.4 Å². The molecule has 3 fully saturated rings. The third-order valence-electron chi connectivity index (χ3n) is 5.37. The zero-order valence-electron chi connectivity index (χ0n) is 14.2. The van der Waals surface area contributed by atoms with Crippen LogP contribution in [-0.4, -0.2) is 70.0 Å². The summed E-state index contributed by atoms with van der Waals surface area (Å²) in [6.07, 6.45) is 1.59. The number of fused-ring (bicyclic) bond motifs is 1. The van der Waals surface area contributed by atoms with Crippen LogP contribution in [0.4, 0.5) is 0 Å². The largest absolute Gasteiger partial charge is 0.395 e. The van der Waals surface area contributed by atoms with Crippen molar-refractivity contribution in [2.75, 3.05) is 20.2 Å². The number of rotatable bonds is 5. The average Bonchev–Trinajstić information content (AvgIpc) is 3.14. The van der Waals surface area contributed by atoms with Gasteiger partial charge in [0.1, 0.15) is 6.04 Å². The van der Waals surface area contributed by atoms with Gasteiger partial charge in [-0.25, -0.2) is 0 Å². The molecule has 8 heteroatoms. The zero-order valence-corrected chi connectivity index (χ0v) is 15.1. The molecule has 0 radical (unpaired) electrons. The third-order valence-corrected chi connectivity index (χ3v) is 7.32. The second-order valence-corrected chi connectivity index (χ2v) is 8.69. The van der Waals surface area contributed by atoms with E-state index in [9.17, 15) is 19.5 Å². The van der Waals surface area contributed by atoms with Gasteiger partial charge < -0.3 is 20.6 Å². The normalized spacial score (nSPS) is 37.0. The van der Waals surface area contributed by atoms with Gasteiger partial charge in [-0.15, -0.1) is 11.8 Å². The SMILES string of the molecule is CNC(=O)[C@@H]1[C@H]2C(=O)N(CCO)C(C(=O)NC(C)C)C23CC[C@H]1S3. The summed E-state index contributed by atoms with van der Waals surface area (Å²) in [6, 6.07) is -0.647. The Kier molecular flexibility index (Phi) is 4.55. The Hall–Kier alpha value is -1.28. The molecule has 24 heavy (non-hydrogen) atoms. The second kappa shape index (κ2) is 6.22. The number of nitrogens with zero attached hydrogens (tertiary/aromatic N) is 1. The van der Waals surface area contributed by atoms with E-state index in [4.69, 9.17) is 0 Å². The highest BCUT2D eigenvalue weighted by molar-refractivity contribution is 8.02. The van der Waals surface area contributed by atoms with E-state index in [1.807, 2.05) is 13.8 Å². The molecule has 0 aromatic heterocycles. The summed E-state index contributed by atoms with van der Waals surface area (Å²) in [5.41, 5.74) is 0. The first-order chi connectivity index (χ1) is 11.4. The lowest BCUT2D eigenvalue weighted by Crippen LogP contribution is -2.55. The third kappa shape index (κ3) is 2.34. The van der Waals surface area contributed by atoms with Gasteiger partial charge in [0.15, 0.2) is 0 Å². The van der Waals surface area contributed by atoms with E-state index in [0.717, 1.165) is 12.8 Å². The average molecular weight is 355 g/mol. The van der Waals surface area contributed by atoms with Gasteiger partial charge in [0.05, 0.1) is 23.2 Å². The minimum Gasteiger partial charge on any atom is -0.395 e. The topological polar surface area (TPSA) is 98.7 Å². The van der Waals surface area contributed by atoms with Crippen LogP contribution in [0.2, 0.25) is 0 Å². The smallest absolute Gasteiger partial charge is 0.244 e. The van der Waals surface area contributed by atoms with E-state index in [-0.39, 0.29) is 48.1 Å². The van der Waals surface area contributed by atoms with Crippen molar-refractivity contribution in [3.05, 3.63) is 0 Å². The van der Waals surface area contributed by atoms with E-state index in [0.29, 0.717) is 0 Å². The molecule has 3 amide bonds. The van der Waals surface area contributed by atoms with Crippen LogP contribution in [0, 0.1) is 11.8 Å². The Labute approximate surface area is 145 Å². The number of carbonyl (C=O) groups is 3. The van der Waals surface area contributed by atoms with Gasteiger partial charge in [-0.05, 0) is 26.7 Å². The molecule has 3 N–H and O–H groups in total. The molecule has 0 saturated carbocycles. The molecule has 2 unspecified atom stereocenters. The highest BCUT2D eigenvalue weighted by atomic mass is 32.2. The van der Waals surface area contributed by atoms with Crippen molar-refractivity contribution in [3.63, 3.8) is 0 Å². The fourth-order valence-electron chi connectivity index (χ4n) is 4.63. The van der Waals surface area contributed by atoms with Gasteiger partial charge in [0.25, 0.3) is 0 Å². The molecule has 0 aromatic carbocycles. The fraction of sp³-hybridized carbons (Fsp3) is 0.812. The summed E-state index contributed by atoms with van der Waals surface area (Å²) >= 11 is 1.63. The van der Waals surface area contributed by atoms with Gasteiger partial charge in [-0.1, -0.05) is 0 Å². The minimum atomic E-state index is -0.616. The lowest BCUT2D eigenvalue weighted by atomic mass is 9.70. The predicted molar refractivity (Wildman–Crippen MR) is 90.3 cm³/mol. The monoisotopic (exact) mass is 355 g/mol. The Balaban J connectivity index is 2.00. The summed E-state index contributed by atoms with van der Waals surface area (Å²) in [7, 11) is 1.58. The highest BCUT2D eigenvalue weighted by Crippen LogP contribution is 2.66. The van der Waals surface area contributed by atoms with Crippen molar-refractivity contribution in [2.45, 2.75) is 48.8 Å². The molecule has 3 aliphatic rings. The van der Waals surface area contributed by atoms with E-state index in [2.05, 4.69) is 10.6 Å². The van der Waals surface area contributed by atoms with Crippen LogP contribution in [0.15, 0.2) is 0 Å². The first-order valence-corrected chi connectivity index (χ1v) is 9.36. The molecule has 134 valence electrons. The number of amides is 3. The van der Waals surface area contributed by atoms with Crippen LogP contribution in [0.5, 0.6) is 0 Å². The number of hydrogen-bond donors (Lipinski definition) is 3. The molecule has 1 spiro atoms. The number of aliphatic hydroxyl groups is 1. The highest BCUT2D eigenvalue weighted by Gasteiger charge is 2.73. The summed E-state index contributed by atoms with van der Waals surface area (Å²) in [5.74, 6) is -1.34. The molecule has 2 bridgehead atoms. The van der Waals surface area contributed by atoms with Crippen molar-refractivity contribution in [1.82, 2.24) is 15.5 Å². The van der Waals surface area contributed by atoms with Crippen molar-refractivity contribution < 1.29 is 19.5 Å². The quantitative estimate of drug-likeness (QED) is 0.608. The summed E-state index contributed by atoms with van der Waals surface area (Å²) in [4.78, 5) is 39.7. The molecule has 3 heterocycles. The Morgan fingerprint density at radius 2 is 2.12 bits per heavy atom. The van der Waals surface area contributed by atoms with Crippen LogP contribution in [0.3, 0.4) is 0 Å². The number of carbonyl (C=O) groups excluding carboxylic acids is 3. The molecule has 5 atom stereocenters. The van der Waals surface area contributed by atoms with Gasteiger partial charge in [0, 0.05) is 24.9 Å². The molecule has 3 aliphatic heterocycles. The lowest BCUT2D eigenvalue weighted by molar-refractivity contribution is -0.140. The second-order valence-electron chi connectivity index (χ2n) is 7.09. The van der Waals surface area contributed by atoms with Crippen molar-refractivity contribution in [3.8, 4) is 0 Å². The molecule has 0 aromatic rings. The van der Waals surface area contributed by atoms with Crippen LogP contribution >= 0.6 is 11.8 Å². The van der Waals surface area contributed by atoms with E-state index in [1.54, 1.807) is 18.8 Å². The number of aliphatic hydroxyl groups excluding tert-OH is 1. The molecule has 7 nitrogen and oxygen atoms in total. The minimum absolute atomic E-state index is 0.0302. The molecular formula is C16H25N3O4S. The first kappa shape index (κ1) is 17.5. The number of β-amino-alcohol motifs (C(OH)–C–C–N with tert-alkyl or cyclic N) is 1. The number of hydrogen-bond acceptors (Lipinski definition) is 5. The van der Waals surface area contributed by atoms with Gasteiger partial charge in [0.2, 0.25) is 17.7 Å². The number of nitrogens with one attached hydrogen (secondary N) is 2. The first-order valence-electron chi connectivity index (χ1n) is 8.48. The van der Waals surface area contributed by atoms with Crippen molar-refractivity contribution in [2.24, 2.45) is 11.8 Å². The van der Waals surface area contributed by atoms with Crippen LogP contribution in [-0.2, 0) is 14.4 Å². The zero-order chi connectivity index (χ0) is 17.6. The maximum Gasteiger partial charge on any atom is 0.244 e. The van der Waals surface area contributed by atoms with Gasteiger partial charge in [-0.2, -0.15) is 0 Å². The summed E-state index contributed by atoms with van der Waals surface area (Å²) in [5, 5.41) is 15.0. The lowest BCUT2D eigenvalue weighted by Gasteiger charge is -2.34. The predicted octanol–water partition coefficient (Wildman–Crippen LogP) is -0.659. The Morgan fingerprint density at radius 1 is 1.42 bits per heavy atom. The van der Waals surface area contributed by atoms with E-state index >= 15 is 0 Å². The van der Waals surface area contributed by atoms with E-state index < -0.39 is 16.7 Å². The standard InChI is InChI=1S/C16H25N3O4S/c1-8(2)18-14(22)12-16-5-4-9(24-16)10(13(21)17-3)11(16)15(23)19(12)6-7-20/h8-12,20H,4-7H2,1-3H3,(H,17,21)(H,18,22)/t9-,10+,11+,12?,16?/m1/s1. The Morgan fingerprint density at radius 3 is 2.71 bits per heavy atom. The number of thioether (sulfide) groups is 1. The molecular weight excluding hydrogens is 330 g/mol. The number of likely N-dealkylation sites (tertiary alicyclic amines) is 1. The van der Waals surface area contributed by atoms with Crippen LogP contribution in [0.1, 0.15) is 26.7 Å². The van der Waals surface area contributed by atoms with Gasteiger partial charge >= 0.3 is 0 Å². The van der Waals surface area contributed by atoms with Crippen LogP contribution in [0.25, 0.3) is 0 Å². The fourth-order valence-corrected chi connectivity index (χ4v) is 6.85. The van der Waals surface area contributed by atoms with Crippen LogP contribution < -0.4 is 10.6 Å². The molecule has 0 aliphatic carbocycles.